The fourth-order valence-electron chi connectivity index (χ4n) is 2.26. The summed E-state index contributed by atoms with van der Waals surface area (Å²) in [5, 5.41) is 0. The summed E-state index contributed by atoms with van der Waals surface area (Å²) in [6.45, 7) is 0.736. The Kier molecular flexibility index (Phi) is 3.71. The van der Waals surface area contributed by atoms with E-state index >= 15 is 0 Å². The first kappa shape index (κ1) is 11.0. The molecule has 2 atom stereocenters. The highest BCUT2D eigenvalue weighted by Crippen LogP contribution is 2.32. The first-order chi connectivity index (χ1) is 6.14. The Morgan fingerprint density at radius 2 is 2.23 bits per heavy atom. The molecule has 1 saturated carbocycles. The van der Waals surface area contributed by atoms with Crippen molar-refractivity contribution in [3.63, 3.8) is 0 Å². The van der Waals surface area contributed by atoms with Crippen LogP contribution in [0.5, 0.6) is 0 Å². The lowest BCUT2D eigenvalue weighted by atomic mass is 9.79. The van der Waals surface area contributed by atoms with Crippen LogP contribution >= 0.6 is 0 Å². The zero-order valence-electron chi connectivity index (χ0n) is 9.05. The third kappa shape index (κ3) is 2.22. The normalized spacial score (nSPS) is 35.3. The van der Waals surface area contributed by atoms with Gasteiger partial charge in [-0.3, -0.25) is 0 Å². The molecule has 1 aliphatic rings. The van der Waals surface area contributed by atoms with Gasteiger partial charge in [-0.2, -0.15) is 0 Å². The van der Waals surface area contributed by atoms with Crippen LogP contribution in [0.15, 0.2) is 0 Å². The minimum Gasteiger partial charge on any atom is -0.381 e. The molecule has 13 heavy (non-hydrogen) atoms. The first-order valence-electron chi connectivity index (χ1n) is 5.05. The van der Waals surface area contributed by atoms with Crippen molar-refractivity contribution in [2.24, 2.45) is 5.73 Å². The van der Waals surface area contributed by atoms with E-state index in [1.807, 2.05) is 0 Å². The fourth-order valence-corrected chi connectivity index (χ4v) is 2.26. The Bertz CT molecular complexity index is 161. The van der Waals surface area contributed by atoms with Gasteiger partial charge in [-0.25, -0.2) is 0 Å². The van der Waals surface area contributed by atoms with E-state index < -0.39 is 0 Å². The first-order valence-corrected chi connectivity index (χ1v) is 5.05. The summed E-state index contributed by atoms with van der Waals surface area (Å²) in [6, 6.07) is 0. The van der Waals surface area contributed by atoms with E-state index in [2.05, 4.69) is 19.0 Å². The Morgan fingerprint density at radius 1 is 1.54 bits per heavy atom. The lowest BCUT2D eigenvalue weighted by Gasteiger charge is -2.44. The molecule has 0 aromatic carbocycles. The van der Waals surface area contributed by atoms with Crippen LogP contribution in [0.2, 0.25) is 0 Å². The third-order valence-corrected chi connectivity index (χ3v) is 3.44. The molecule has 2 N–H and O–H groups in total. The van der Waals surface area contributed by atoms with Gasteiger partial charge in [0.05, 0.1) is 6.10 Å². The van der Waals surface area contributed by atoms with Crippen molar-refractivity contribution in [2.75, 3.05) is 27.7 Å². The van der Waals surface area contributed by atoms with Crippen molar-refractivity contribution in [2.45, 2.75) is 37.3 Å². The summed E-state index contributed by atoms with van der Waals surface area (Å²) in [7, 11) is 6.03. The topological polar surface area (TPSA) is 38.5 Å². The molecule has 1 aliphatic carbocycles. The summed E-state index contributed by atoms with van der Waals surface area (Å²) in [6.07, 6.45) is 5.10. The minimum absolute atomic E-state index is 0.179. The summed E-state index contributed by atoms with van der Waals surface area (Å²) in [4.78, 5) is 2.26. The Balaban J connectivity index is 2.64. The summed E-state index contributed by atoms with van der Waals surface area (Å²) in [5.74, 6) is 0. The van der Waals surface area contributed by atoms with E-state index in [1.54, 1.807) is 7.11 Å². The maximum Gasteiger partial charge on any atom is 0.0589 e. The lowest BCUT2D eigenvalue weighted by molar-refractivity contribution is -0.00284. The zero-order valence-corrected chi connectivity index (χ0v) is 9.05. The molecule has 0 spiro atoms. The molecule has 1 rings (SSSR count). The highest BCUT2D eigenvalue weighted by Gasteiger charge is 2.36. The van der Waals surface area contributed by atoms with Crippen LogP contribution in [0.1, 0.15) is 25.7 Å². The molecule has 0 heterocycles. The van der Waals surface area contributed by atoms with Crippen LogP contribution in [0.4, 0.5) is 0 Å². The third-order valence-electron chi connectivity index (χ3n) is 3.44. The lowest BCUT2D eigenvalue weighted by Crippen LogP contribution is -2.54. The number of nitrogens with two attached hydrogens (primary N) is 1. The minimum atomic E-state index is 0.179. The number of hydrogen-bond acceptors (Lipinski definition) is 3. The van der Waals surface area contributed by atoms with E-state index in [0.717, 1.165) is 13.0 Å². The number of methoxy groups -OCH3 is 1. The maximum atomic E-state index is 5.86. The molecular formula is C10H22N2O. The Morgan fingerprint density at radius 3 is 2.69 bits per heavy atom. The standard InChI is InChI=1S/C10H22N2O/c1-12(2)10(8-11)6-4-5-9(7-10)13-3/h9H,4-8,11H2,1-3H3. The quantitative estimate of drug-likeness (QED) is 0.709. The summed E-state index contributed by atoms with van der Waals surface area (Å²) in [5.41, 5.74) is 6.04. The number of likely N-dealkylation sites (N-methyl/N-ethyl adjacent to an activating group) is 1. The van der Waals surface area contributed by atoms with E-state index in [1.165, 1.54) is 19.3 Å². The van der Waals surface area contributed by atoms with Gasteiger partial charge in [0.15, 0.2) is 0 Å². The van der Waals surface area contributed by atoms with Crippen LogP contribution in [0.25, 0.3) is 0 Å². The molecule has 0 bridgehead atoms. The smallest absolute Gasteiger partial charge is 0.0589 e. The van der Waals surface area contributed by atoms with Gasteiger partial charge < -0.3 is 15.4 Å². The van der Waals surface area contributed by atoms with Crippen molar-refractivity contribution < 1.29 is 4.74 Å². The Labute approximate surface area is 81.2 Å². The fraction of sp³-hybridized carbons (Fsp3) is 1.00. The van der Waals surface area contributed by atoms with Crippen molar-refractivity contribution in [1.82, 2.24) is 4.90 Å². The van der Waals surface area contributed by atoms with Gasteiger partial charge in [-0.15, -0.1) is 0 Å². The Hall–Kier alpha value is -0.120. The summed E-state index contributed by atoms with van der Waals surface area (Å²) >= 11 is 0. The molecule has 1 fully saturated rings. The predicted molar refractivity (Wildman–Crippen MR) is 54.7 cm³/mol. The molecular weight excluding hydrogens is 164 g/mol. The molecule has 2 unspecified atom stereocenters. The highest BCUT2D eigenvalue weighted by molar-refractivity contribution is 4.94. The van der Waals surface area contributed by atoms with Crippen molar-refractivity contribution in [1.29, 1.82) is 0 Å². The molecule has 0 aliphatic heterocycles. The van der Waals surface area contributed by atoms with E-state index in [-0.39, 0.29) is 5.54 Å². The molecule has 3 nitrogen and oxygen atoms in total. The second kappa shape index (κ2) is 4.40. The summed E-state index contributed by atoms with van der Waals surface area (Å²) < 4.78 is 5.42. The number of hydrogen-bond donors (Lipinski definition) is 1. The largest absolute Gasteiger partial charge is 0.381 e. The molecule has 0 radical (unpaired) electrons. The SMILES string of the molecule is COC1CCCC(CN)(N(C)C)C1. The van der Waals surface area contributed by atoms with Gasteiger partial charge in [0.2, 0.25) is 0 Å². The van der Waals surface area contributed by atoms with Crippen LogP contribution in [0.3, 0.4) is 0 Å². The molecule has 0 aromatic heterocycles. The molecule has 0 saturated heterocycles. The van der Waals surface area contributed by atoms with Crippen molar-refractivity contribution in [3.8, 4) is 0 Å². The molecule has 0 amide bonds. The second-order valence-corrected chi connectivity index (χ2v) is 4.28. The van der Waals surface area contributed by atoms with Crippen molar-refractivity contribution in [3.05, 3.63) is 0 Å². The number of nitrogens with zero attached hydrogens (tertiary/aromatic N) is 1. The van der Waals surface area contributed by atoms with Crippen LogP contribution in [-0.4, -0.2) is 44.3 Å². The monoisotopic (exact) mass is 186 g/mol. The van der Waals surface area contributed by atoms with Crippen LogP contribution in [-0.2, 0) is 4.74 Å². The van der Waals surface area contributed by atoms with Gasteiger partial charge >= 0.3 is 0 Å². The molecule has 0 aromatic rings. The van der Waals surface area contributed by atoms with E-state index in [9.17, 15) is 0 Å². The van der Waals surface area contributed by atoms with E-state index in [0.29, 0.717) is 6.10 Å². The predicted octanol–water partition coefficient (Wildman–Crippen LogP) is 0.835. The average molecular weight is 186 g/mol. The van der Waals surface area contributed by atoms with Crippen LogP contribution in [0, 0.1) is 0 Å². The molecule has 78 valence electrons. The average Bonchev–Trinajstić information content (AvgIpc) is 2.17. The number of rotatable bonds is 3. The second-order valence-electron chi connectivity index (χ2n) is 4.28. The van der Waals surface area contributed by atoms with Gasteiger partial charge in [0.1, 0.15) is 0 Å². The number of ether oxygens (including phenoxy) is 1. The zero-order chi connectivity index (χ0) is 9.90. The van der Waals surface area contributed by atoms with Gasteiger partial charge in [-0.1, -0.05) is 0 Å². The van der Waals surface area contributed by atoms with Crippen LogP contribution < -0.4 is 5.73 Å². The van der Waals surface area contributed by atoms with Gasteiger partial charge in [0.25, 0.3) is 0 Å². The van der Waals surface area contributed by atoms with Gasteiger partial charge in [-0.05, 0) is 39.8 Å². The highest BCUT2D eigenvalue weighted by atomic mass is 16.5. The van der Waals surface area contributed by atoms with Crippen molar-refractivity contribution >= 4 is 0 Å². The van der Waals surface area contributed by atoms with E-state index in [4.69, 9.17) is 10.5 Å². The maximum absolute atomic E-state index is 5.86. The molecule has 3 heteroatoms. The van der Waals surface area contributed by atoms with Gasteiger partial charge in [0, 0.05) is 19.2 Å².